The van der Waals surface area contributed by atoms with E-state index >= 15 is 0 Å². The maximum atomic E-state index is 15.0. The predicted octanol–water partition coefficient (Wildman–Crippen LogP) is 6.64. The molecule has 1 saturated heterocycles. The second kappa shape index (κ2) is 9.93. The van der Waals surface area contributed by atoms with Crippen LogP contribution in [0, 0.1) is 17.8 Å². The molecule has 3 aliphatic heterocycles. The number of carbonyl (C=O) groups excluding carboxylic acids is 3. The van der Waals surface area contributed by atoms with Gasteiger partial charge in [0.15, 0.2) is 22.8 Å². The molecule has 0 radical (unpaired) electrons. The van der Waals surface area contributed by atoms with Crippen molar-refractivity contribution in [2.24, 2.45) is 17.8 Å². The Kier molecular flexibility index (Phi) is 6.68. The molecule has 3 fully saturated rings. The summed E-state index contributed by atoms with van der Waals surface area (Å²) in [6.45, 7) is 18.4. The Morgan fingerprint density at radius 1 is 1.17 bits per heavy atom. The van der Waals surface area contributed by atoms with Crippen LogP contribution in [-0.4, -0.2) is 51.7 Å². The van der Waals surface area contributed by atoms with Crippen LogP contribution in [0.25, 0.3) is 0 Å². The number of carbonyl (C=O) groups is 3. The number of ether oxygens (including phenoxy) is 4. The largest absolute Gasteiger partial charge is 0.507 e. The first kappa shape index (κ1) is 31.0. The van der Waals surface area contributed by atoms with Gasteiger partial charge in [0.2, 0.25) is 0 Å². The number of hydrogen-bond acceptors (Lipinski definition) is 8. The molecule has 4 aliphatic carbocycles. The summed E-state index contributed by atoms with van der Waals surface area (Å²) < 4.78 is 25.9. The first-order chi connectivity index (χ1) is 21.6. The van der Waals surface area contributed by atoms with Gasteiger partial charge in [-0.05, 0) is 98.6 Å². The number of aromatic hydroxyl groups is 1. The van der Waals surface area contributed by atoms with Crippen LogP contribution in [-0.2, 0) is 25.5 Å². The lowest BCUT2D eigenvalue weighted by atomic mass is 9.51. The lowest BCUT2D eigenvalue weighted by Gasteiger charge is -2.56. The Hall–Kier alpha value is -3.65. The van der Waals surface area contributed by atoms with Crippen molar-refractivity contribution in [3.8, 4) is 17.2 Å². The first-order valence-electron chi connectivity index (χ1n) is 16.5. The molecule has 3 heterocycles. The average molecular weight is 629 g/mol. The summed E-state index contributed by atoms with van der Waals surface area (Å²) in [5.41, 5.74) is -0.480. The molecule has 8 atom stereocenters. The van der Waals surface area contributed by atoms with Gasteiger partial charge in [-0.15, -0.1) is 0 Å². The van der Waals surface area contributed by atoms with E-state index in [1.54, 1.807) is 25.2 Å². The molecular formula is C38H44O8. The van der Waals surface area contributed by atoms with Crippen LogP contribution in [0.2, 0.25) is 0 Å². The van der Waals surface area contributed by atoms with E-state index in [4.69, 9.17) is 18.9 Å². The SMILES string of the molecule is C=C(C)[C@@H]1CC[C@@]2(C)CC1c1c(O)c3c(c(CC=C(C)C)c1O2)O[C@]12C(=C[C@@H]4CC1C(C)(C)OC2(C=CC(C)OC=O)C4=O)C3=O. The third-order valence-electron chi connectivity index (χ3n) is 11.6. The molecule has 1 N–H and O–H groups in total. The second-order valence-corrected chi connectivity index (χ2v) is 15.4. The second-order valence-electron chi connectivity index (χ2n) is 15.4. The number of hydrogen-bond donors (Lipinski definition) is 1. The van der Waals surface area contributed by atoms with Crippen molar-refractivity contribution in [3.63, 3.8) is 0 Å². The topological polar surface area (TPSA) is 108 Å². The molecule has 0 aromatic heterocycles. The van der Waals surface area contributed by atoms with Gasteiger partial charge in [0, 0.05) is 34.5 Å². The number of benzene rings is 1. The summed E-state index contributed by atoms with van der Waals surface area (Å²) in [6, 6.07) is 0. The molecule has 46 heavy (non-hydrogen) atoms. The highest BCUT2D eigenvalue weighted by atomic mass is 16.6. The zero-order valence-corrected chi connectivity index (χ0v) is 27.8. The number of rotatable bonds is 7. The molecule has 8 heteroatoms. The maximum absolute atomic E-state index is 15.0. The molecule has 244 valence electrons. The zero-order valence-electron chi connectivity index (χ0n) is 27.8. The molecule has 6 bridgehead atoms. The molecule has 1 spiro atoms. The average Bonchev–Trinajstić information content (AvgIpc) is 3.12. The van der Waals surface area contributed by atoms with Crippen molar-refractivity contribution < 1.29 is 38.4 Å². The summed E-state index contributed by atoms with van der Waals surface area (Å²) >= 11 is 0. The Bertz CT molecular complexity index is 1690. The van der Waals surface area contributed by atoms with E-state index in [-0.39, 0.29) is 46.4 Å². The van der Waals surface area contributed by atoms with Crippen molar-refractivity contribution in [1.82, 2.24) is 0 Å². The van der Waals surface area contributed by atoms with E-state index in [0.29, 0.717) is 48.2 Å². The summed E-state index contributed by atoms with van der Waals surface area (Å²) in [5, 5.41) is 12.2. The summed E-state index contributed by atoms with van der Waals surface area (Å²) in [6.07, 6.45) is 9.74. The normalized spacial score (nSPS) is 36.5. The fourth-order valence-electron chi connectivity index (χ4n) is 9.52. The van der Waals surface area contributed by atoms with E-state index in [9.17, 15) is 19.5 Å². The number of fused-ring (bicyclic) bond motifs is 5. The fourth-order valence-corrected chi connectivity index (χ4v) is 9.52. The Morgan fingerprint density at radius 2 is 1.91 bits per heavy atom. The van der Waals surface area contributed by atoms with Crippen LogP contribution in [0.5, 0.6) is 17.2 Å². The van der Waals surface area contributed by atoms with Crippen molar-refractivity contribution in [3.05, 3.63) is 64.3 Å². The minimum atomic E-state index is -1.64. The number of Topliss-reactive ketones (excluding diaryl/α,β-unsaturated/α-hetero) is 2. The zero-order chi connectivity index (χ0) is 33.1. The Labute approximate surface area is 270 Å². The lowest BCUT2D eigenvalue weighted by molar-refractivity contribution is -0.160. The third-order valence-corrected chi connectivity index (χ3v) is 11.6. The van der Waals surface area contributed by atoms with Gasteiger partial charge >= 0.3 is 0 Å². The van der Waals surface area contributed by atoms with E-state index < -0.39 is 34.4 Å². The summed E-state index contributed by atoms with van der Waals surface area (Å²) in [4.78, 5) is 40.4. The standard InChI is InChI=1S/C38H44O8/c1-19(2)9-10-24-32-28(25-17-36(8,44-32)13-12-23(25)20(3)4)31(41)29-30(40)26-15-22-16-27-35(6,7)46-37(34(22)42,14-11-21(5)43-18-39)38(26,27)45-33(24)29/h9,11,14-15,18,21-23,25,27,41H,3,10,12-13,16-17H2,1-2,4-8H3/t21?,22-,23+,25?,27?,36+,37?,38-/m1/s1. The van der Waals surface area contributed by atoms with Crippen molar-refractivity contribution in [2.45, 2.75) is 115 Å². The smallest absolute Gasteiger partial charge is 0.293 e. The van der Waals surface area contributed by atoms with E-state index in [2.05, 4.69) is 19.6 Å². The summed E-state index contributed by atoms with van der Waals surface area (Å²) in [5.74, 6) is -0.685. The highest BCUT2D eigenvalue weighted by Gasteiger charge is 2.81. The molecule has 7 aliphatic rings. The van der Waals surface area contributed by atoms with Crippen LogP contribution in [0.1, 0.15) is 102 Å². The number of ketones is 2. The number of phenolic OH excluding ortho intramolecular Hbond substituents is 1. The van der Waals surface area contributed by atoms with Gasteiger partial charge in [-0.25, -0.2) is 0 Å². The van der Waals surface area contributed by atoms with Crippen LogP contribution in [0.15, 0.2) is 47.6 Å². The third kappa shape index (κ3) is 3.91. The predicted molar refractivity (Wildman–Crippen MR) is 171 cm³/mol. The van der Waals surface area contributed by atoms with Crippen molar-refractivity contribution in [2.75, 3.05) is 0 Å². The quantitative estimate of drug-likeness (QED) is 0.265. The van der Waals surface area contributed by atoms with Gasteiger partial charge in [-0.2, -0.15) is 0 Å². The highest BCUT2D eigenvalue weighted by molar-refractivity contribution is 6.19. The van der Waals surface area contributed by atoms with Gasteiger partial charge in [0.05, 0.1) is 5.60 Å². The Balaban J connectivity index is 1.52. The van der Waals surface area contributed by atoms with Crippen LogP contribution in [0.4, 0.5) is 0 Å². The van der Waals surface area contributed by atoms with E-state index in [1.807, 2.05) is 34.6 Å². The van der Waals surface area contributed by atoms with Gasteiger partial charge in [-0.3, -0.25) is 14.4 Å². The number of allylic oxidation sites excluding steroid dienone is 4. The van der Waals surface area contributed by atoms with Gasteiger partial charge < -0.3 is 24.1 Å². The molecule has 8 nitrogen and oxygen atoms in total. The monoisotopic (exact) mass is 628 g/mol. The highest BCUT2D eigenvalue weighted by Crippen LogP contribution is 2.69. The minimum absolute atomic E-state index is 0.0650. The molecule has 0 amide bonds. The van der Waals surface area contributed by atoms with Crippen LogP contribution < -0.4 is 9.47 Å². The maximum Gasteiger partial charge on any atom is 0.293 e. The van der Waals surface area contributed by atoms with Crippen LogP contribution in [0.3, 0.4) is 0 Å². The molecule has 1 aromatic carbocycles. The van der Waals surface area contributed by atoms with E-state index in [0.717, 1.165) is 24.0 Å². The van der Waals surface area contributed by atoms with Gasteiger partial charge in [-0.1, -0.05) is 29.9 Å². The van der Waals surface area contributed by atoms with Gasteiger partial charge in [0.25, 0.3) is 6.47 Å². The lowest BCUT2D eigenvalue weighted by Crippen LogP contribution is -2.71. The molecular weight excluding hydrogens is 584 g/mol. The van der Waals surface area contributed by atoms with Crippen molar-refractivity contribution >= 4 is 18.0 Å². The molecule has 2 saturated carbocycles. The van der Waals surface area contributed by atoms with E-state index in [1.165, 1.54) is 0 Å². The van der Waals surface area contributed by atoms with Crippen molar-refractivity contribution in [1.29, 1.82) is 0 Å². The molecule has 1 aromatic rings. The Morgan fingerprint density at radius 3 is 2.59 bits per heavy atom. The number of phenols is 1. The molecule has 8 rings (SSSR count). The fraction of sp³-hybridized carbons (Fsp3) is 0.553. The summed E-state index contributed by atoms with van der Waals surface area (Å²) in [7, 11) is 0. The minimum Gasteiger partial charge on any atom is -0.507 e. The van der Waals surface area contributed by atoms with Crippen LogP contribution >= 0.6 is 0 Å². The van der Waals surface area contributed by atoms with Gasteiger partial charge in [0.1, 0.15) is 34.5 Å². The first-order valence-corrected chi connectivity index (χ1v) is 16.5. The molecule has 4 unspecified atom stereocenters.